The van der Waals surface area contributed by atoms with E-state index in [1.165, 1.54) is 18.3 Å². The van der Waals surface area contributed by atoms with Crippen LogP contribution in [0, 0.1) is 0 Å². The molecule has 7 heteroatoms. The van der Waals surface area contributed by atoms with E-state index in [2.05, 4.69) is 10.5 Å². The molecule has 0 aliphatic heterocycles. The van der Waals surface area contributed by atoms with Gasteiger partial charge in [0.2, 0.25) is 0 Å². The average molecular weight is 419 g/mol. The molecule has 6 nitrogen and oxygen atoms in total. The van der Waals surface area contributed by atoms with E-state index in [1.807, 2.05) is 36.4 Å². The summed E-state index contributed by atoms with van der Waals surface area (Å²) in [7, 11) is 0. The molecule has 0 aliphatic carbocycles. The Morgan fingerprint density at radius 1 is 0.967 bits per heavy atom. The quantitative estimate of drug-likeness (QED) is 0.343. The molecule has 0 fully saturated rings. The van der Waals surface area contributed by atoms with E-state index in [1.54, 1.807) is 24.3 Å². The highest BCUT2D eigenvalue weighted by molar-refractivity contribution is 6.33. The summed E-state index contributed by atoms with van der Waals surface area (Å²) in [6.45, 7) is 0. The normalized spacial score (nSPS) is 11.1. The molecule has 0 saturated carbocycles. The van der Waals surface area contributed by atoms with Crippen molar-refractivity contribution in [2.75, 3.05) is 0 Å². The fourth-order valence-electron chi connectivity index (χ4n) is 3.06. The maximum Gasteiger partial charge on any atom is 0.337 e. The maximum atomic E-state index is 12.5. The lowest BCUT2D eigenvalue weighted by molar-refractivity contribution is 0.0697. The summed E-state index contributed by atoms with van der Waals surface area (Å²) in [5, 5.41) is 15.1. The van der Waals surface area contributed by atoms with Crippen molar-refractivity contribution in [3.63, 3.8) is 0 Å². The van der Waals surface area contributed by atoms with Crippen LogP contribution in [0.1, 0.15) is 26.5 Å². The van der Waals surface area contributed by atoms with Crippen molar-refractivity contribution in [1.29, 1.82) is 0 Å². The van der Waals surface area contributed by atoms with E-state index < -0.39 is 5.97 Å². The predicted octanol–water partition coefficient (Wildman–Crippen LogP) is 5.22. The molecule has 1 amide bonds. The first-order valence-corrected chi connectivity index (χ1v) is 9.35. The molecule has 148 valence electrons. The highest BCUT2D eigenvalue weighted by Gasteiger charge is 2.12. The molecule has 0 bridgehead atoms. The molecule has 0 spiro atoms. The molecule has 1 heterocycles. The van der Waals surface area contributed by atoms with Gasteiger partial charge in [-0.05, 0) is 47.2 Å². The van der Waals surface area contributed by atoms with Gasteiger partial charge in [-0.1, -0.05) is 48.0 Å². The average Bonchev–Trinajstić information content (AvgIpc) is 3.22. The van der Waals surface area contributed by atoms with Crippen molar-refractivity contribution in [1.82, 2.24) is 5.43 Å². The third kappa shape index (κ3) is 3.94. The second kappa shape index (κ2) is 8.23. The van der Waals surface area contributed by atoms with Crippen LogP contribution in [-0.2, 0) is 0 Å². The van der Waals surface area contributed by atoms with Gasteiger partial charge in [0, 0.05) is 11.1 Å². The zero-order valence-electron chi connectivity index (χ0n) is 15.5. The lowest BCUT2D eigenvalue weighted by atomic mass is 10.0. The van der Waals surface area contributed by atoms with Crippen molar-refractivity contribution in [3.8, 4) is 11.3 Å². The topological polar surface area (TPSA) is 91.9 Å². The van der Waals surface area contributed by atoms with Crippen LogP contribution in [0.5, 0.6) is 0 Å². The van der Waals surface area contributed by atoms with Gasteiger partial charge in [0.15, 0.2) is 0 Å². The molecular weight excluding hydrogens is 404 g/mol. The highest BCUT2D eigenvalue weighted by atomic mass is 35.5. The van der Waals surface area contributed by atoms with E-state index in [9.17, 15) is 14.7 Å². The number of amides is 1. The molecule has 4 aromatic rings. The van der Waals surface area contributed by atoms with Gasteiger partial charge in [0.25, 0.3) is 5.91 Å². The molecular formula is C23H15ClN2O4. The first-order chi connectivity index (χ1) is 14.5. The van der Waals surface area contributed by atoms with Gasteiger partial charge in [-0.2, -0.15) is 5.10 Å². The van der Waals surface area contributed by atoms with Crippen LogP contribution in [0.25, 0.3) is 22.1 Å². The summed E-state index contributed by atoms with van der Waals surface area (Å²) in [5.74, 6) is -0.601. The number of carbonyl (C=O) groups excluding carboxylic acids is 1. The van der Waals surface area contributed by atoms with Gasteiger partial charge >= 0.3 is 5.97 Å². The minimum atomic E-state index is -1.12. The summed E-state index contributed by atoms with van der Waals surface area (Å²) in [6.07, 6.45) is 1.38. The van der Waals surface area contributed by atoms with Gasteiger partial charge in [-0.15, -0.1) is 0 Å². The van der Waals surface area contributed by atoms with E-state index in [-0.39, 0.29) is 16.5 Å². The Bertz CT molecular complexity index is 1290. The Morgan fingerprint density at radius 3 is 2.60 bits per heavy atom. The molecule has 0 radical (unpaired) electrons. The Balaban J connectivity index is 1.49. The van der Waals surface area contributed by atoms with E-state index >= 15 is 0 Å². The number of rotatable bonds is 5. The Kier molecular flexibility index (Phi) is 5.32. The number of furan rings is 1. The number of halogens is 1. The fraction of sp³-hybridized carbons (Fsp3) is 0. The molecule has 0 aliphatic rings. The number of carbonyl (C=O) groups is 2. The lowest BCUT2D eigenvalue weighted by Gasteiger charge is -2.04. The van der Waals surface area contributed by atoms with Crippen LogP contribution < -0.4 is 5.43 Å². The van der Waals surface area contributed by atoms with Crippen LogP contribution in [0.3, 0.4) is 0 Å². The molecule has 3 aromatic carbocycles. The SMILES string of the molecule is O=C(O)c1cc(-c2ccc(/C=N\NC(=O)c3cccc4ccccc34)o2)ccc1Cl. The molecule has 0 atom stereocenters. The Hall–Kier alpha value is -3.90. The zero-order valence-corrected chi connectivity index (χ0v) is 16.3. The molecule has 2 N–H and O–H groups in total. The summed E-state index contributed by atoms with van der Waals surface area (Å²) in [6, 6.07) is 21.0. The minimum Gasteiger partial charge on any atom is -0.478 e. The fourth-order valence-corrected chi connectivity index (χ4v) is 3.26. The number of nitrogens with one attached hydrogen (secondary N) is 1. The molecule has 0 saturated heterocycles. The smallest absolute Gasteiger partial charge is 0.337 e. The molecule has 4 rings (SSSR count). The van der Waals surface area contributed by atoms with Gasteiger partial charge < -0.3 is 9.52 Å². The summed E-state index contributed by atoms with van der Waals surface area (Å²) in [5.41, 5.74) is 3.57. The third-order valence-electron chi connectivity index (χ3n) is 4.50. The first-order valence-electron chi connectivity index (χ1n) is 8.97. The Labute approximate surface area is 176 Å². The van der Waals surface area contributed by atoms with Gasteiger partial charge in [-0.25, -0.2) is 10.2 Å². The second-order valence-corrected chi connectivity index (χ2v) is 6.83. The van der Waals surface area contributed by atoms with Gasteiger partial charge in [-0.3, -0.25) is 4.79 Å². The minimum absolute atomic E-state index is 0.0110. The third-order valence-corrected chi connectivity index (χ3v) is 4.83. The predicted molar refractivity (Wildman–Crippen MR) is 115 cm³/mol. The second-order valence-electron chi connectivity index (χ2n) is 6.43. The van der Waals surface area contributed by atoms with Crippen LogP contribution in [0.2, 0.25) is 5.02 Å². The van der Waals surface area contributed by atoms with Crippen LogP contribution in [-0.4, -0.2) is 23.2 Å². The Morgan fingerprint density at radius 2 is 1.77 bits per heavy atom. The monoisotopic (exact) mass is 418 g/mol. The molecule has 0 unspecified atom stereocenters. The van der Waals surface area contributed by atoms with Gasteiger partial charge in [0.05, 0.1) is 16.8 Å². The van der Waals surface area contributed by atoms with Crippen LogP contribution >= 0.6 is 11.6 Å². The number of hydrogen-bond donors (Lipinski definition) is 2. The van der Waals surface area contributed by atoms with E-state index in [4.69, 9.17) is 16.0 Å². The van der Waals surface area contributed by atoms with Crippen molar-refractivity contribution in [2.24, 2.45) is 5.10 Å². The number of nitrogens with zero attached hydrogens (tertiary/aromatic N) is 1. The number of carboxylic acids is 1. The van der Waals surface area contributed by atoms with Crippen LogP contribution in [0.4, 0.5) is 0 Å². The number of benzene rings is 3. The van der Waals surface area contributed by atoms with Gasteiger partial charge in [0.1, 0.15) is 11.5 Å². The molecule has 1 aromatic heterocycles. The van der Waals surface area contributed by atoms with Crippen molar-refractivity contribution < 1.29 is 19.1 Å². The number of carboxylic acid groups (broad SMARTS) is 1. The summed E-state index contributed by atoms with van der Waals surface area (Å²) >= 11 is 5.90. The first kappa shape index (κ1) is 19.4. The molecule has 30 heavy (non-hydrogen) atoms. The zero-order chi connectivity index (χ0) is 21.1. The van der Waals surface area contributed by atoms with E-state index in [0.29, 0.717) is 22.6 Å². The number of aromatic carboxylic acids is 1. The summed E-state index contributed by atoms with van der Waals surface area (Å²) in [4.78, 5) is 23.7. The van der Waals surface area contributed by atoms with Crippen molar-refractivity contribution in [2.45, 2.75) is 0 Å². The largest absolute Gasteiger partial charge is 0.478 e. The van der Waals surface area contributed by atoms with Crippen molar-refractivity contribution in [3.05, 3.63) is 94.7 Å². The summed E-state index contributed by atoms with van der Waals surface area (Å²) < 4.78 is 5.67. The van der Waals surface area contributed by atoms with E-state index in [0.717, 1.165) is 10.8 Å². The standard InChI is InChI=1S/C23H15ClN2O4/c24-20-10-8-15(12-19(20)23(28)29)21-11-9-16(30-21)13-25-26-22(27)18-7-3-5-14-4-1-2-6-17(14)18/h1-13H,(H,26,27)(H,28,29)/b25-13-. The lowest BCUT2D eigenvalue weighted by Crippen LogP contribution is -2.17. The number of fused-ring (bicyclic) bond motifs is 1. The highest BCUT2D eigenvalue weighted by Crippen LogP contribution is 2.26. The maximum absolute atomic E-state index is 12.5. The van der Waals surface area contributed by atoms with Crippen LogP contribution in [0.15, 0.2) is 82.3 Å². The number of hydrazone groups is 1. The van der Waals surface area contributed by atoms with Crippen molar-refractivity contribution >= 4 is 40.5 Å². The number of hydrogen-bond acceptors (Lipinski definition) is 4.